The van der Waals surface area contributed by atoms with Crippen molar-refractivity contribution in [2.75, 3.05) is 45.2 Å². The zero-order valence-electron chi connectivity index (χ0n) is 17.8. The van der Waals surface area contributed by atoms with Crippen molar-refractivity contribution >= 4 is 11.6 Å². The Morgan fingerprint density at radius 3 is 2.30 bits per heavy atom. The van der Waals surface area contributed by atoms with E-state index >= 15 is 0 Å². The van der Waals surface area contributed by atoms with Gasteiger partial charge in [-0.05, 0) is 43.3 Å². The monoisotopic (exact) mass is 404 g/mol. The third kappa shape index (κ3) is 4.39. The van der Waals surface area contributed by atoms with E-state index in [1.807, 2.05) is 85.4 Å². The van der Waals surface area contributed by atoms with E-state index in [0.29, 0.717) is 5.89 Å². The number of hydrogen-bond acceptors (Lipinski definition) is 5. The van der Waals surface area contributed by atoms with Crippen LogP contribution in [0.25, 0.3) is 11.5 Å². The van der Waals surface area contributed by atoms with Gasteiger partial charge >= 0.3 is 0 Å². The highest BCUT2D eigenvalue weighted by atomic mass is 16.4. The molecular formula is C24H28N4O2. The Balaban J connectivity index is 1.35. The second-order valence-corrected chi connectivity index (χ2v) is 7.90. The summed E-state index contributed by atoms with van der Waals surface area (Å²) in [5.74, 6) is 1.62. The molecule has 0 N–H and O–H groups in total. The zero-order valence-corrected chi connectivity index (χ0v) is 17.8. The van der Waals surface area contributed by atoms with Gasteiger partial charge in [-0.15, -0.1) is 0 Å². The average molecular weight is 405 g/mol. The lowest BCUT2D eigenvalue weighted by molar-refractivity contribution is 0.0626. The summed E-state index contributed by atoms with van der Waals surface area (Å²) in [6.45, 7) is 5.80. The average Bonchev–Trinajstić information content (AvgIpc) is 3.14. The van der Waals surface area contributed by atoms with Crippen molar-refractivity contribution < 1.29 is 9.21 Å². The molecule has 0 bridgehead atoms. The summed E-state index contributed by atoms with van der Waals surface area (Å²) in [5, 5.41) is 0. The molecule has 2 aromatic carbocycles. The number of amides is 1. The highest BCUT2D eigenvalue weighted by Crippen LogP contribution is 2.23. The molecule has 1 amide bonds. The molecule has 0 saturated carbocycles. The third-order valence-electron chi connectivity index (χ3n) is 5.58. The standard InChI is InChI=1S/C24H28N4O2/c1-18-22(25-23(30-18)19-7-5-4-6-8-19)17-27-13-15-28(16-14-27)24(29)20-9-11-21(12-10-20)26(2)3/h4-12H,13-17H2,1-3H3. The molecule has 156 valence electrons. The fraction of sp³-hybridized carbons (Fsp3) is 0.333. The third-order valence-corrected chi connectivity index (χ3v) is 5.58. The Kier molecular flexibility index (Phi) is 5.86. The number of carbonyl (C=O) groups is 1. The maximum absolute atomic E-state index is 12.8. The van der Waals surface area contributed by atoms with Crippen molar-refractivity contribution in [1.29, 1.82) is 0 Å². The molecule has 0 aliphatic carbocycles. The Morgan fingerprint density at radius 2 is 1.67 bits per heavy atom. The van der Waals surface area contributed by atoms with Crippen LogP contribution in [-0.2, 0) is 6.54 Å². The Labute approximate surface area is 177 Å². The first-order valence-corrected chi connectivity index (χ1v) is 10.3. The van der Waals surface area contributed by atoms with Gasteiger partial charge in [-0.1, -0.05) is 18.2 Å². The second kappa shape index (κ2) is 8.71. The molecule has 0 atom stereocenters. The van der Waals surface area contributed by atoms with E-state index in [1.54, 1.807) is 0 Å². The van der Waals surface area contributed by atoms with E-state index < -0.39 is 0 Å². The van der Waals surface area contributed by atoms with Crippen LogP contribution in [0.4, 0.5) is 5.69 Å². The van der Waals surface area contributed by atoms with Gasteiger partial charge in [0.1, 0.15) is 5.76 Å². The minimum absolute atomic E-state index is 0.101. The van der Waals surface area contributed by atoms with Crippen molar-refractivity contribution in [1.82, 2.24) is 14.8 Å². The lowest BCUT2D eigenvalue weighted by atomic mass is 10.1. The van der Waals surface area contributed by atoms with Crippen LogP contribution in [0.15, 0.2) is 59.0 Å². The molecule has 3 aromatic rings. The summed E-state index contributed by atoms with van der Waals surface area (Å²) < 4.78 is 5.88. The fourth-order valence-corrected chi connectivity index (χ4v) is 3.68. The van der Waals surface area contributed by atoms with Crippen LogP contribution in [0, 0.1) is 6.92 Å². The van der Waals surface area contributed by atoms with E-state index in [0.717, 1.165) is 61.0 Å². The summed E-state index contributed by atoms with van der Waals surface area (Å²) in [7, 11) is 3.99. The van der Waals surface area contributed by atoms with Gasteiger partial charge in [-0.2, -0.15) is 0 Å². The molecule has 1 aliphatic rings. The normalized spacial score (nSPS) is 14.7. The predicted molar refractivity (Wildman–Crippen MR) is 119 cm³/mol. The van der Waals surface area contributed by atoms with E-state index in [2.05, 4.69) is 4.90 Å². The fourth-order valence-electron chi connectivity index (χ4n) is 3.68. The number of rotatable bonds is 5. The zero-order chi connectivity index (χ0) is 21.1. The summed E-state index contributed by atoms with van der Waals surface area (Å²) in [4.78, 5) is 23.8. The molecule has 0 unspecified atom stereocenters. The Hall–Kier alpha value is -3.12. The van der Waals surface area contributed by atoms with Crippen LogP contribution >= 0.6 is 0 Å². The molecule has 1 aromatic heterocycles. The van der Waals surface area contributed by atoms with Crippen LogP contribution in [0.5, 0.6) is 0 Å². The maximum Gasteiger partial charge on any atom is 0.253 e. The minimum Gasteiger partial charge on any atom is -0.441 e. The van der Waals surface area contributed by atoms with E-state index in [9.17, 15) is 4.79 Å². The van der Waals surface area contributed by atoms with Gasteiger partial charge in [0.15, 0.2) is 0 Å². The summed E-state index contributed by atoms with van der Waals surface area (Å²) in [5.41, 5.74) is 3.79. The number of carbonyl (C=O) groups excluding carboxylic acids is 1. The smallest absolute Gasteiger partial charge is 0.253 e. The minimum atomic E-state index is 0.101. The second-order valence-electron chi connectivity index (χ2n) is 7.90. The van der Waals surface area contributed by atoms with Crippen molar-refractivity contribution in [2.24, 2.45) is 0 Å². The maximum atomic E-state index is 12.8. The number of piperazine rings is 1. The molecule has 6 heteroatoms. The molecular weight excluding hydrogens is 376 g/mol. The molecule has 30 heavy (non-hydrogen) atoms. The van der Waals surface area contributed by atoms with Crippen LogP contribution in [0.3, 0.4) is 0 Å². The predicted octanol–water partition coefficient (Wildman–Crippen LogP) is 3.67. The number of aryl methyl sites for hydroxylation is 1. The van der Waals surface area contributed by atoms with Gasteiger partial charge in [0.05, 0.1) is 5.69 Å². The van der Waals surface area contributed by atoms with Gasteiger partial charge < -0.3 is 14.2 Å². The van der Waals surface area contributed by atoms with Crippen LogP contribution in [0.1, 0.15) is 21.8 Å². The Morgan fingerprint density at radius 1 is 1.00 bits per heavy atom. The summed E-state index contributed by atoms with van der Waals surface area (Å²) in [6, 6.07) is 17.8. The highest BCUT2D eigenvalue weighted by Gasteiger charge is 2.23. The number of anilines is 1. The van der Waals surface area contributed by atoms with Crippen LogP contribution in [0.2, 0.25) is 0 Å². The number of aromatic nitrogens is 1. The molecule has 6 nitrogen and oxygen atoms in total. The first-order chi connectivity index (χ1) is 14.5. The number of hydrogen-bond donors (Lipinski definition) is 0. The van der Waals surface area contributed by atoms with E-state index in [4.69, 9.17) is 9.40 Å². The molecule has 1 saturated heterocycles. The van der Waals surface area contributed by atoms with Gasteiger partial charge in [-0.3, -0.25) is 9.69 Å². The number of benzene rings is 2. The molecule has 0 spiro atoms. The SMILES string of the molecule is Cc1oc(-c2ccccc2)nc1CN1CCN(C(=O)c2ccc(N(C)C)cc2)CC1. The van der Waals surface area contributed by atoms with Crippen LogP contribution < -0.4 is 4.90 Å². The van der Waals surface area contributed by atoms with E-state index in [1.165, 1.54) is 0 Å². The van der Waals surface area contributed by atoms with E-state index in [-0.39, 0.29) is 5.91 Å². The summed E-state index contributed by atoms with van der Waals surface area (Å²) >= 11 is 0. The first kappa shape index (κ1) is 20.2. The lowest BCUT2D eigenvalue weighted by Crippen LogP contribution is -2.48. The number of nitrogens with zero attached hydrogens (tertiary/aromatic N) is 4. The van der Waals surface area contributed by atoms with Gasteiger partial charge in [0.25, 0.3) is 5.91 Å². The van der Waals surface area contributed by atoms with Crippen LogP contribution in [-0.4, -0.2) is 61.0 Å². The Bertz CT molecular complexity index is 988. The largest absolute Gasteiger partial charge is 0.441 e. The van der Waals surface area contributed by atoms with Gasteiger partial charge in [0, 0.05) is 63.6 Å². The molecule has 4 rings (SSSR count). The van der Waals surface area contributed by atoms with Crippen molar-refractivity contribution in [3.8, 4) is 11.5 Å². The number of oxazole rings is 1. The first-order valence-electron chi connectivity index (χ1n) is 10.3. The molecule has 1 fully saturated rings. The van der Waals surface area contributed by atoms with Crippen molar-refractivity contribution in [3.05, 3.63) is 71.6 Å². The topological polar surface area (TPSA) is 52.8 Å². The molecule has 1 aliphatic heterocycles. The molecule has 0 radical (unpaired) electrons. The van der Waals surface area contributed by atoms with Gasteiger partial charge in [-0.25, -0.2) is 4.98 Å². The lowest BCUT2D eigenvalue weighted by Gasteiger charge is -2.34. The molecule has 2 heterocycles. The van der Waals surface area contributed by atoms with Crippen molar-refractivity contribution in [2.45, 2.75) is 13.5 Å². The summed E-state index contributed by atoms with van der Waals surface area (Å²) in [6.07, 6.45) is 0. The highest BCUT2D eigenvalue weighted by molar-refractivity contribution is 5.94. The quantitative estimate of drug-likeness (QED) is 0.649. The van der Waals surface area contributed by atoms with Gasteiger partial charge in [0.2, 0.25) is 5.89 Å². The van der Waals surface area contributed by atoms with Crippen molar-refractivity contribution in [3.63, 3.8) is 0 Å².